The van der Waals surface area contributed by atoms with Crippen molar-refractivity contribution < 1.29 is 13.2 Å². The maximum atomic E-state index is 12.4. The van der Waals surface area contributed by atoms with Crippen LogP contribution in [0.2, 0.25) is 0 Å². The Morgan fingerprint density at radius 3 is 2.70 bits per heavy atom. The highest BCUT2D eigenvalue weighted by Gasteiger charge is 2.30. The zero-order valence-electron chi connectivity index (χ0n) is 11.4. The summed E-state index contributed by atoms with van der Waals surface area (Å²) in [5.41, 5.74) is 0.930. The number of nitrogens with zero attached hydrogens (tertiary/aromatic N) is 1. The van der Waals surface area contributed by atoms with Gasteiger partial charge in [0.25, 0.3) is 10.2 Å². The normalized spacial score (nSPS) is 23.9. The molecule has 0 aliphatic carbocycles. The number of fused-ring (bicyclic) bond motifs is 1. The van der Waals surface area contributed by atoms with Crippen molar-refractivity contribution in [1.82, 2.24) is 9.03 Å². The first-order valence-electron chi connectivity index (χ1n) is 7.16. The van der Waals surface area contributed by atoms with Crippen molar-refractivity contribution in [1.29, 1.82) is 0 Å². The van der Waals surface area contributed by atoms with E-state index in [-0.39, 0.29) is 6.04 Å². The fourth-order valence-corrected chi connectivity index (χ4v) is 4.32. The Kier molecular flexibility index (Phi) is 3.96. The Balaban J connectivity index is 1.78. The molecule has 1 fully saturated rings. The van der Waals surface area contributed by atoms with Crippen LogP contribution in [0.25, 0.3) is 0 Å². The van der Waals surface area contributed by atoms with Gasteiger partial charge < -0.3 is 4.74 Å². The van der Waals surface area contributed by atoms with Gasteiger partial charge in [-0.2, -0.15) is 17.4 Å². The summed E-state index contributed by atoms with van der Waals surface area (Å²) in [6.45, 7) is 1.80. The minimum Gasteiger partial charge on any atom is -0.493 e. The van der Waals surface area contributed by atoms with Crippen LogP contribution >= 0.6 is 0 Å². The highest BCUT2D eigenvalue weighted by atomic mass is 32.2. The molecule has 1 atom stereocenters. The summed E-state index contributed by atoms with van der Waals surface area (Å²) < 4.78 is 34.8. The third-order valence-corrected chi connectivity index (χ3v) is 5.53. The molecule has 2 heterocycles. The Morgan fingerprint density at radius 1 is 1.15 bits per heavy atom. The lowest BCUT2D eigenvalue weighted by Crippen LogP contribution is -2.45. The second-order valence-corrected chi connectivity index (χ2v) is 7.01. The second kappa shape index (κ2) is 5.71. The van der Waals surface area contributed by atoms with Crippen LogP contribution in [-0.2, 0) is 10.2 Å². The summed E-state index contributed by atoms with van der Waals surface area (Å²) >= 11 is 0. The van der Waals surface area contributed by atoms with E-state index in [0.717, 1.165) is 30.6 Å². The third-order valence-electron chi connectivity index (χ3n) is 3.90. The summed E-state index contributed by atoms with van der Waals surface area (Å²) in [5, 5.41) is 0. The number of nitrogens with one attached hydrogen (secondary N) is 1. The van der Waals surface area contributed by atoms with Crippen LogP contribution < -0.4 is 9.46 Å². The number of benzene rings is 1. The van der Waals surface area contributed by atoms with E-state index in [1.807, 2.05) is 24.3 Å². The lowest BCUT2D eigenvalue weighted by Gasteiger charge is -2.31. The van der Waals surface area contributed by atoms with Gasteiger partial charge in [0.2, 0.25) is 0 Å². The largest absolute Gasteiger partial charge is 0.493 e. The zero-order valence-corrected chi connectivity index (χ0v) is 12.2. The Hall–Kier alpha value is -1.11. The van der Waals surface area contributed by atoms with Gasteiger partial charge >= 0.3 is 0 Å². The van der Waals surface area contributed by atoms with Gasteiger partial charge in [-0.25, -0.2) is 0 Å². The van der Waals surface area contributed by atoms with Crippen molar-refractivity contribution in [3.8, 4) is 5.75 Å². The van der Waals surface area contributed by atoms with Gasteiger partial charge in [0.1, 0.15) is 5.75 Å². The Morgan fingerprint density at radius 2 is 1.90 bits per heavy atom. The first kappa shape index (κ1) is 13.9. The van der Waals surface area contributed by atoms with Crippen LogP contribution in [0.1, 0.15) is 37.3 Å². The van der Waals surface area contributed by atoms with Crippen LogP contribution in [0, 0.1) is 0 Å². The molecular formula is C14H20N2O3S. The molecule has 110 valence electrons. The monoisotopic (exact) mass is 296 g/mol. The molecule has 20 heavy (non-hydrogen) atoms. The summed E-state index contributed by atoms with van der Waals surface area (Å²) in [7, 11) is -3.40. The number of hydrogen-bond acceptors (Lipinski definition) is 3. The number of hydrogen-bond donors (Lipinski definition) is 1. The average molecular weight is 296 g/mol. The van der Waals surface area contributed by atoms with Crippen LogP contribution in [0.3, 0.4) is 0 Å². The molecule has 0 saturated carbocycles. The molecule has 1 saturated heterocycles. The molecular weight excluding hydrogens is 276 g/mol. The van der Waals surface area contributed by atoms with E-state index in [9.17, 15) is 8.42 Å². The number of para-hydroxylation sites is 1. The molecule has 5 nitrogen and oxygen atoms in total. The lowest BCUT2D eigenvalue weighted by atomic mass is 10.0. The van der Waals surface area contributed by atoms with Gasteiger partial charge in [0.05, 0.1) is 12.6 Å². The summed E-state index contributed by atoms with van der Waals surface area (Å²) in [4.78, 5) is 0. The fraction of sp³-hybridized carbons (Fsp3) is 0.571. The summed E-state index contributed by atoms with van der Waals surface area (Å²) in [6, 6.07) is 7.44. The quantitative estimate of drug-likeness (QED) is 0.926. The van der Waals surface area contributed by atoms with Gasteiger partial charge in [-0.1, -0.05) is 24.6 Å². The van der Waals surface area contributed by atoms with Gasteiger partial charge in [-0.05, 0) is 18.9 Å². The molecule has 2 aliphatic heterocycles. The minimum absolute atomic E-state index is 0.188. The Bertz CT molecular complexity index is 568. The topological polar surface area (TPSA) is 58.6 Å². The van der Waals surface area contributed by atoms with Crippen molar-refractivity contribution in [2.24, 2.45) is 0 Å². The van der Waals surface area contributed by atoms with Crippen molar-refractivity contribution in [3.05, 3.63) is 29.8 Å². The van der Waals surface area contributed by atoms with Gasteiger partial charge in [-0.15, -0.1) is 0 Å². The smallest absolute Gasteiger partial charge is 0.280 e. The third kappa shape index (κ3) is 2.82. The van der Waals surface area contributed by atoms with Gasteiger partial charge in [0.15, 0.2) is 0 Å². The second-order valence-electron chi connectivity index (χ2n) is 5.31. The highest BCUT2D eigenvalue weighted by molar-refractivity contribution is 7.87. The zero-order chi connectivity index (χ0) is 14.0. The predicted molar refractivity (Wildman–Crippen MR) is 76.8 cm³/mol. The molecule has 0 bridgehead atoms. The van der Waals surface area contributed by atoms with E-state index in [4.69, 9.17) is 4.74 Å². The van der Waals surface area contributed by atoms with Crippen molar-refractivity contribution >= 4 is 10.2 Å². The maximum Gasteiger partial charge on any atom is 0.280 e. The SMILES string of the molecule is O=S(=O)(NC1CCOc2ccccc21)N1CCCCC1. The molecule has 3 rings (SSSR count). The van der Waals surface area contributed by atoms with Gasteiger partial charge in [0, 0.05) is 25.1 Å². The van der Waals surface area contributed by atoms with E-state index in [1.54, 1.807) is 4.31 Å². The van der Waals surface area contributed by atoms with E-state index in [2.05, 4.69) is 4.72 Å². The fourth-order valence-electron chi connectivity index (χ4n) is 2.82. The standard InChI is InChI=1S/C14H20N2O3S/c17-20(18,16-9-4-1-5-10-16)15-13-8-11-19-14-7-3-2-6-12(13)14/h2-3,6-7,13,15H,1,4-5,8-11H2. The Labute approximate surface area is 120 Å². The van der Waals surface area contributed by atoms with Crippen molar-refractivity contribution in [3.63, 3.8) is 0 Å². The van der Waals surface area contributed by atoms with Crippen molar-refractivity contribution in [2.45, 2.75) is 31.7 Å². The molecule has 0 radical (unpaired) electrons. The molecule has 1 aromatic carbocycles. The van der Waals surface area contributed by atoms with E-state index < -0.39 is 10.2 Å². The molecule has 1 N–H and O–H groups in total. The summed E-state index contributed by atoms with van der Waals surface area (Å²) in [5.74, 6) is 0.782. The average Bonchev–Trinajstić information content (AvgIpc) is 2.48. The number of piperidine rings is 1. The predicted octanol–water partition coefficient (Wildman–Crippen LogP) is 1.83. The number of rotatable bonds is 3. The van der Waals surface area contributed by atoms with Crippen molar-refractivity contribution in [2.75, 3.05) is 19.7 Å². The lowest BCUT2D eigenvalue weighted by molar-refractivity contribution is 0.259. The molecule has 1 unspecified atom stereocenters. The van der Waals surface area contributed by atoms with E-state index in [1.165, 1.54) is 0 Å². The molecule has 0 spiro atoms. The molecule has 1 aromatic rings. The minimum atomic E-state index is -3.40. The first-order valence-corrected chi connectivity index (χ1v) is 8.60. The van der Waals surface area contributed by atoms with E-state index >= 15 is 0 Å². The van der Waals surface area contributed by atoms with Crippen LogP contribution in [0.15, 0.2) is 24.3 Å². The van der Waals surface area contributed by atoms with Crippen LogP contribution in [0.4, 0.5) is 0 Å². The van der Waals surface area contributed by atoms with Crippen LogP contribution in [0.5, 0.6) is 5.75 Å². The van der Waals surface area contributed by atoms with Crippen LogP contribution in [-0.4, -0.2) is 32.4 Å². The first-order chi connectivity index (χ1) is 9.67. The molecule has 2 aliphatic rings. The molecule has 6 heteroatoms. The van der Waals surface area contributed by atoms with E-state index in [0.29, 0.717) is 26.1 Å². The molecule has 0 amide bonds. The molecule has 0 aromatic heterocycles. The van der Waals surface area contributed by atoms with Gasteiger partial charge in [-0.3, -0.25) is 0 Å². The summed E-state index contributed by atoms with van der Waals surface area (Å²) in [6.07, 6.45) is 3.69. The maximum absolute atomic E-state index is 12.4. The number of ether oxygens (including phenoxy) is 1. The highest BCUT2D eigenvalue weighted by Crippen LogP contribution is 2.32.